The number of carbonyl (C=O) groups excluding carboxylic acids is 1. The maximum atomic E-state index is 13.2. The summed E-state index contributed by atoms with van der Waals surface area (Å²) in [4.78, 5) is 12.8. The number of nitrogens with zero attached hydrogens (tertiary/aromatic N) is 1. The van der Waals surface area contributed by atoms with Crippen LogP contribution in [0.5, 0.6) is 0 Å². The largest absolute Gasteiger partial charge is 0.351 e. The van der Waals surface area contributed by atoms with E-state index in [1.54, 1.807) is 30.3 Å². The van der Waals surface area contributed by atoms with Crippen molar-refractivity contribution in [3.63, 3.8) is 0 Å². The van der Waals surface area contributed by atoms with Crippen molar-refractivity contribution in [2.24, 2.45) is 0 Å². The lowest BCUT2D eigenvalue weighted by Gasteiger charge is -2.22. The van der Waals surface area contributed by atoms with Crippen molar-refractivity contribution in [1.29, 1.82) is 0 Å². The Balaban J connectivity index is 1.72. The van der Waals surface area contributed by atoms with E-state index in [9.17, 15) is 13.2 Å². The summed E-state index contributed by atoms with van der Waals surface area (Å²) in [5.74, 6) is -0.330. The van der Waals surface area contributed by atoms with Gasteiger partial charge in [-0.25, -0.2) is 8.42 Å². The van der Waals surface area contributed by atoms with Crippen LogP contribution in [-0.2, 0) is 27.8 Å². The zero-order chi connectivity index (χ0) is 21.4. The molecule has 0 aliphatic heterocycles. The Kier molecular flexibility index (Phi) is 7.38. The van der Waals surface area contributed by atoms with Crippen molar-refractivity contribution < 1.29 is 13.2 Å². The Labute approximate surface area is 178 Å². The van der Waals surface area contributed by atoms with Gasteiger partial charge in [0.15, 0.2) is 0 Å². The van der Waals surface area contributed by atoms with Crippen LogP contribution in [0.1, 0.15) is 16.7 Å². The second kappa shape index (κ2) is 10.2. The van der Waals surface area contributed by atoms with Gasteiger partial charge in [0.1, 0.15) is 0 Å². The smallest absolute Gasteiger partial charge is 0.243 e. The quantitative estimate of drug-likeness (QED) is 0.574. The van der Waals surface area contributed by atoms with E-state index < -0.39 is 10.0 Å². The van der Waals surface area contributed by atoms with Gasteiger partial charge in [0.2, 0.25) is 15.9 Å². The van der Waals surface area contributed by atoms with Crippen molar-refractivity contribution in [2.45, 2.75) is 24.8 Å². The maximum Gasteiger partial charge on any atom is 0.243 e. The predicted molar refractivity (Wildman–Crippen MR) is 118 cm³/mol. The lowest BCUT2D eigenvalue weighted by Crippen LogP contribution is -2.41. The molecule has 3 rings (SSSR count). The molecule has 0 aliphatic carbocycles. The van der Waals surface area contributed by atoms with Crippen molar-refractivity contribution in [3.05, 3.63) is 102 Å². The highest BCUT2D eigenvalue weighted by Gasteiger charge is 2.26. The van der Waals surface area contributed by atoms with Crippen molar-refractivity contribution in [3.8, 4) is 0 Å². The van der Waals surface area contributed by atoms with E-state index in [1.165, 1.54) is 4.31 Å². The van der Waals surface area contributed by atoms with E-state index in [0.29, 0.717) is 13.0 Å². The summed E-state index contributed by atoms with van der Waals surface area (Å²) in [7, 11) is -3.78. The average Bonchev–Trinajstić information content (AvgIpc) is 2.76. The lowest BCUT2D eigenvalue weighted by molar-refractivity contribution is -0.121. The highest BCUT2D eigenvalue weighted by atomic mass is 32.2. The van der Waals surface area contributed by atoms with E-state index in [4.69, 9.17) is 0 Å². The number of aryl methyl sites for hydroxylation is 1. The van der Waals surface area contributed by atoms with Crippen molar-refractivity contribution in [1.82, 2.24) is 9.62 Å². The van der Waals surface area contributed by atoms with E-state index in [-0.39, 0.29) is 23.9 Å². The van der Waals surface area contributed by atoms with Crippen LogP contribution in [0.3, 0.4) is 0 Å². The Bertz CT molecular complexity index is 1070. The van der Waals surface area contributed by atoms with Gasteiger partial charge in [-0.15, -0.1) is 0 Å². The van der Waals surface area contributed by atoms with Gasteiger partial charge >= 0.3 is 0 Å². The number of nitrogens with one attached hydrogen (secondary N) is 1. The number of rotatable bonds is 9. The molecule has 0 saturated heterocycles. The van der Waals surface area contributed by atoms with Gasteiger partial charge in [0.05, 0.1) is 11.4 Å². The van der Waals surface area contributed by atoms with Gasteiger partial charge in [-0.05, 0) is 36.6 Å². The van der Waals surface area contributed by atoms with E-state index in [2.05, 4.69) is 5.32 Å². The normalized spacial score (nSPS) is 11.4. The molecule has 0 radical (unpaired) electrons. The summed E-state index contributed by atoms with van der Waals surface area (Å²) in [6.07, 6.45) is 0.526. The molecule has 0 saturated carbocycles. The van der Waals surface area contributed by atoms with Gasteiger partial charge in [-0.2, -0.15) is 4.31 Å². The molecule has 0 atom stereocenters. The standard InChI is InChI=1S/C24H26N2O3S/c1-20-9-8-12-22(17-20)18-25-24(27)19-26(16-15-21-10-4-2-5-11-21)30(28,29)23-13-6-3-7-14-23/h2-14,17H,15-16,18-19H2,1H3,(H,25,27). The molecule has 3 aromatic rings. The maximum absolute atomic E-state index is 13.2. The first-order chi connectivity index (χ1) is 14.4. The second-order valence-corrected chi connectivity index (χ2v) is 9.09. The van der Waals surface area contributed by atoms with Gasteiger partial charge in [0.25, 0.3) is 0 Å². The van der Waals surface area contributed by atoms with E-state index in [1.807, 2.05) is 61.5 Å². The molecule has 0 aliphatic rings. The van der Waals surface area contributed by atoms with Crippen LogP contribution in [0.15, 0.2) is 89.8 Å². The van der Waals surface area contributed by atoms with E-state index in [0.717, 1.165) is 16.7 Å². The summed E-state index contributed by atoms with van der Waals surface area (Å²) in [6.45, 7) is 2.34. The van der Waals surface area contributed by atoms with Crippen LogP contribution in [0.2, 0.25) is 0 Å². The molecule has 30 heavy (non-hydrogen) atoms. The summed E-state index contributed by atoms with van der Waals surface area (Å²) in [6, 6.07) is 25.7. The van der Waals surface area contributed by atoms with Crippen LogP contribution >= 0.6 is 0 Å². The number of hydrogen-bond acceptors (Lipinski definition) is 3. The van der Waals surface area contributed by atoms with E-state index >= 15 is 0 Å². The fourth-order valence-corrected chi connectivity index (χ4v) is 4.58. The third-order valence-corrected chi connectivity index (χ3v) is 6.63. The average molecular weight is 423 g/mol. The third-order valence-electron chi connectivity index (χ3n) is 4.77. The highest BCUT2D eigenvalue weighted by Crippen LogP contribution is 2.16. The molecule has 1 N–H and O–H groups in total. The zero-order valence-electron chi connectivity index (χ0n) is 17.0. The van der Waals surface area contributed by atoms with Gasteiger partial charge < -0.3 is 5.32 Å². The first kappa shape index (κ1) is 21.7. The van der Waals surface area contributed by atoms with Crippen LogP contribution in [0.4, 0.5) is 0 Å². The number of amides is 1. The fraction of sp³-hybridized carbons (Fsp3) is 0.208. The minimum Gasteiger partial charge on any atom is -0.351 e. The topological polar surface area (TPSA) is 66.5 Å². The molecule has 3 aromatic carbocycles. The molecule has 0 fully saturated rings. The van der Waals surface area contributed by atoms with Crippen LogP contribution in [-0.4, -0.2) is 31.7 Å². The summed E-state index contributed by atoms with van der Waals surface area (Å²) < 4.78 is 27.6. The molecule has 0 aromatic heterocycles. The molecule has 0 unspecified atom stereocenters. The Hall–Kier alpha value is -2.96. The molecular weight excluding hydrogens is 396 g/mol. The van der Waals surface area contributed by atoms with Crippen molar-refractivity contribution in [2.75, 3.05) is 13.1 Å². The van der Waals surface area contributed by atoms with Gasteiger partial charge in [-0.3, -0.25) is 4.79 Å². The Morgan fingerprint density at radius 2 is 1.50 bits per heavy atom. The first-order valence-corrected chi connectivity index (χ1v) is 11.3. The number of carbonyl (C=O) groups is 1. The third kappa shape index (κ3) is 6.02. The molecule has 0 spiro atoms. The SMILES string of the molecule is Cc1cccc(CNC(=O)CN(CCc2ccccc2)S(=O)(=O)c2ccccc2)c1. The Morgan fingerprint density at radius 3 is 2.17 bits per heavy atom. The second-order valence-electron chi connectivity index (χ2n) is 7.15. The Morgan fingerprint density at radius 1 is 0.867 bits per heavy atom. The van der Waals surface area contributed by atoms with Gasteiger partial charge in [0, 0.05) is 13.1 Å². The zero-order valence-corrected chi connectivity index (χ0v) is 17.8. The number of sulfonamides is 1. The van der Waals surface area contributed by atoms with Crippen LogP contribution in [0, 0.1) is 6.92 Å². The minimum atomic E-state index is -3.78. The molecule has 0 heterocycles. The summed E-state index contributed by atoms with van der Waals surface area (Å²) in [5, 5.41) is 2.83. The number of hydrogen-bond donors (Lipinski definition) is 1. The molecule has 0 bridgehead atoms. The lowest BCUT2D eigenvalue weighted by atomic mass is 10.1. The number of benzene rings is 3. The summed E-state index contributed by atoms with van der Waals surface area (Å²) in [5.41, 5.74) is 3.11. The van der Waals surface area contributed by atoms with Crippen LogP contribution in [0.25, 0.3) is 0 Å². The molecule has 1 amide bonds. The summed E-state index contributed by atoms with van der Waals surface area (Å²) >= 11 is 0. The van der Waals surface area contributed by atoms with Crippen molar-refractivity contribution >= 4 is 15.9 Å². The predicted octanol–water partition coefficient (Wildman–Crippen LogP) is 3.54. The molecular formula is C24H26N2O3S. The minimum absolute atomic E-state index is 0.185. The molecule has 5 nitrogen and oxygen atoms in total. The van der Waals surface area contributed by atoms with Crippen LogP contribution < -0.4 is 5.32 Å². The molecule has 156 valence electrons. The first-order valence-electron chi connectivity index (χ1n) is 9.86. The van der Waals surface area contributed by atoms with Gasteiger partial charge in [-0.1, -0.05) is 78.4 Å². The fourth-order valence-electron chi connectivity index (χ4n) is 3.16. The highest BCUT2D eigenvalue weighted by molar-refractivity contribution is 7.89. The monoisotopic (exact) mass is 422 g/mol. The molecule has 6 heteroatoms.